The Morgan fingerprint density at radius 1 is 1.22 bits per heavy atom. The van der Waals surface area contributed by atoms with Gasteiger partial charge in [-0.05, 0) is 23.6 Å². The van der Waals surface area contributed by atoms with Crippen LogP contribution in [0.5, 0.6) is 0 Å². The molecule has 0 saturated carbocycles. The number of aliphatic hydroxyl groups excluding tert-OH is 1. The van der Waals surface area contributed by atoms with Crippen LogP contribution in [0, 0.1) is 0 Å². The molecule has 5 heteroatoms. The molecule has 0 saturated heterocycles. The lowest BCUT2D eigenvalue weighted by Crippen LogP contribution is -2.32. The second-order valence-corrected chi connectivity index (χ2v) is 4.71. The van der Waals surface area contributed by atoms with Gasteiger partial charge >= 0.3 is 6.03 Å². The Labute approximate surface area is 109 Å². The van der Waals surface area contributed by atoms with E-state index in [4.69, 9.17) is 0 Å². The lowest BCUT2D eigenvalue weighted by Gasteiger charge is -2.11. The monoisotopic (exact) mass is 262 g/mol. The molecule has 1 unspecified atom stereocenters. The van der Waals surface area contributed by atoms with E-state index >= 15 is 0 Å². The number of nitrogens with one attached hydrogen (secondary N) is 2. The molecule has 1 heterocycles. The summed E-state index contributed by atoms with van der Waals surface area (Å²) in [7, 11) is 0. The lowest BCUT2D eigenvalue weighted by atomic mass is 10.3. The number of anilines is 1. The summed E-state index contributed by atoms with van der Waals surface area (Å²) < 4.78 is 0. The predicted octanol–water partition coefficient (Wildman–Crippen LogP) is 2.60. The molecule has 0 aliphatic carbocycles. The van der Waals surface area contributed by atoms with E-state index in [9.17, 15) is 9.90 Å². The highest BCUT2D eigenvalue weighted by Crippen LogP contribution is 2.17. The van der Waals surface area contributed by atoms with Gasteiger partial charge in [0.05, 0.1) is 6.54 Å². The zero-order valence-corrected chi connectivity index (χ0v) is 10.5. The third kappa shape index (κ3) is 3.58. The van der Waals surface area contributed by atoms with Gasteiger partial charge in [-0.25, -0.2) is 4.79 Å². The van der Waals surface area contributed by atoms with E-state index in [1.165, 1.54) is 11.3 Å². The van der Waals surface area contributed by atoms with Gasteiger partial charge in [-0.15, -0.1) is 11.3 Å². The van der Waals surface area contributed by atoms with Crippen molar-refractivity contribution in [1.82, 2.24) is 5.32 Å². The van der Waals surface area contributed by atoms with Crippen LogP contribution in [0.2, 0.25) is 0 Å². The molecule has 0 aliphatic rings. The van der Waals surface area contributed by atoms with E-state index in [1.807, 2.05) is 35.7 Å². The first-order valence-electron chi connectivity index (χ1n) is 5.57. The number of hydrogen-bond acceptors (Lipinski definition) is 3. The van der Waals surface area contributed by atoms with Crippen molar-refractivity contribution in [3.8, 4) is 0 Å². The summed E-state index contributed by atoms with van der Waals surface area (Å²) in [5.74, 6) is 0. The quantitative estimate of drug-likeness (QED) is 0.793. The topological polar surface area (TPSA) is 61.4 Å². The van der Waals surface area contributed by atoms with Crippen LogP contribution < -0.4 is 10.6 Å². The van der Waals surface area contributed by atoms with Gasteiger partial charge < -0.3 is 15.7 Å². The van der Waals surface area contributed by atoms with E-state index in [0.717, 1.165) is 10.6 Å². The molecule has 2 amide bonds. The first kappa shape index (κ1) is 12.6. The highest BCUT2D eigenvalue weighted by molar-refractivity contribution is 7.10. The Balaban J connectivity index is 1.79. The van der Waals surface area contributed by atoms with Crippen molar-refractivity contribution in [2.24, 2.45) is 0 Å². The fraction of sp³-hybridized carbons (Fsp3) is 0.154. The van der Waals surface area contributed by atoms with Crippen molar-refractivity contribution in [3.05, 3.63) is 52.7 Å². The number of hydrogen-bond donors (Lipinski definition) is 3. The van der Waals surface area contributed by atoms with Crippen molar-refractivity contribution in [2.75, 3.05) is 11.9 Å². The van der Waals surface area contributed by atoms with Gasteiger partial charge in [0.25, 0.3) is 0 Å². The summed E-state index contributed by atoms with van der Waals surface area (Å²) in [6.07, 6.45) is -0.661. The molecular formula is C13H14N2O2S. The van der Waals surface area contributed by atoms with Crippen molar-refractivity contribution in [3.63, 3.8) is 0 Å². The second-order valence-electron chi connectivity index (χ2n) is 3.73. The predicted molar refractivity (Wildman–Crippen MR) is 72.7 cm³/mol. The molecule has 4 nitrogen and oxygen atoms in total. The van der Waals surface area contributed by atoms with Crippen LogP contribution in [0.1, 0.15) is 11.0 Å². The van der Waals surface area contributed by atoms with Gasteiger partial charge in [0, 0.05) is 10.6 Å². The fourth-order valence-corrected chi connectivity index (χ4v) is 2.18. The highest BCUT2D eigenvalue weighted by atomic mass is 32.1. The van der Waals surface area contributed by atoms with E-state index in [0.29, 0.717) is 0 Å². The Bertz CT molecular complexity index is 485. The van der Waals surface area contributed by atoms with Crippen LogP contribution in [-0.2, 0) is 0 Å². The first-order valence-corrected chi connectivity index (χ1v) is 6.45. The molecule has 2 rings (SSSR count). The lowest BCUT2D eigenvalue weighted by molar-refractivity contribution is 0.178. The molecule has 0 aliphatic heterocycles. The number of aliphatic hydroxyl groups is 1. The standard InChI is InChI=1S/C13H14N2O2S/c16-11(12-7-4-8-18-12)9-14-13(17)15-10-5-2-1-3-6-10/h1-8,11,16H,9H2,(H2,14,15,17). The van der Waals surface area contributed by atoms with E-state index in [2.05, 4.69) is 10.6 Å². The van der Waals surface area contributed by atoms with Gasteiger partial charge in [0.1, 0.15) is 6.10 Å². The minimum Gasteiger partial charge on any atom is -0.386 e. The third-order valence-electron chi connectivity index (χ3n) is 2.36. The molecule has 0 bridgehead atoms. The molecule has 1 aromatic carbocycles. The van der Waals surface area contributed by atoms with Gasteiger partial charge in [-0.1, -0.05) is 24.3 Å². The number of thiophene rings is 1. The highest BCUT2D eigenvalue weighted by Gasteiger charge is 2.09. The molecule has 0 radical (unpaired) electrons. The molecule has 1 atom stereocenters. The first-order chi connectivity index (χ1) is 8.75. The van der Waals surface area contributed by atoms with E-state index in [1.54, 1.807) is 12.1 Å². The van der Waals surface area contributed by atoms with Gasteiger partial charge in [0.2, 0.25) is 0 Å². The maximum Gasteiger partial charge on any atom is 0.319 e. The maximum absolute atomic E-state index is 11.6. The number of para-hydroxylation sites is 1. The minimum absolute atomic E-state index is 0.194. The van der Waals surface area contributed by atoms with Gasteiger partial charge in [-0.2, -0.15) is 0 Å². The average Bonchev–Trinajstić information content (AvgIpc) is 2.91. The van der Waals surface area contributed by atoms with Crippen LogP contribution in [0.25, 0.3) is 0 Å². The zero-order valence-electron chi connectivity index (χ0n) is 9.67. The zero-order chi connectivity index (χ0) is 12.8. The molecule has 18 heavy (non-hydrogen) atoms. The van der Waals surface area contributed by atoms with Crippen molar-refractivity contribution < 1.29 is 9.90 Å². The summed E-state index contributed by atoms with van der Waals surface area (Å²) in [4.78, 5) is 12.4. The van der Waals surface area contributed by atoms with Crippen molar-refractivity contribution in [1.29, 1.82) is 0 Å². The van der Waals surface area contributed by atoms with Crippen molar-refractivity contribution >= 4 is 23.1 Å². The van der Waals surface area contributed by atoms with Crippen molar-refractivity contribution in [2.45, 2.75) is 6.10 Å². The van der Waals surface area contributed by atoms with Gasteiger partial charge in [-0.3, -0.25) is 0 Å². The molecule has 3 N–H and O–H groups in total. The molecule has 94 valence electrons. The smallest absolute Gasteiger partial charge is 0.319 e. The summed E-state index contributed by atoms with van der Waals surface area (Å²) in [5.41, 5.74) is 0.723. The number of benzene rings is 1. The molecule has 2 aromatic rings. The largest absolute Gasteiger partial charge is 0.386 e. The molecule has 0 spiro atoms. The molecule has 0 fully saturated rings. The van der Waals surface area contributed by atoms with Crippen LogP contribution in [0.3, 0.4) is 0 Å². The number of rotatable bonds is 4. The van der Waals surface area contributed by atoms with E-state index < -0.39 is 6.10 Å². The Kier molecular flexibility index (Phi) is 4.33. The fourth-order valence-electron chi connectivity index (χ4n) is 1.47. The van der Waals surface area contributed by atoms with Crippen LogP contribution in [-0.4, -0.2) is 17.7 Å². The van der Waals surface area contributed by atoms with E-state index in [-0.39, 0.29) is 12.6 Å². The SMILES string of the molecule is O=C(NCC(O)c1cccs1)Nc1ccccc1. The number of carbonyl (C=O) groups excluding carboxylic acids is 1. The number of amides is 2. The van der Waals surface area contributed by atoms with Crippen LogP contribution >= 0.6 is 11.3 Å². The minimum atomic E-state index is -0.661. The Hall–Kier alpha value is -1.85. The summed E-state index contributed by atoms with van der Waals surface area (Å²) in [6.45, 7) is 0.194. The Morgan fingerprint density at radius 2 is 2.00 bits per heavy atom. The molecular weight excluding hydrogens is 248 g/mol. The summed E-state index contributed by atoms with van der Waals surface area (Å²) >= 11 is 1.46. The van der Waals surface area contributed by atoms with Crippen LogP contribution in [0.15, 0.2) is 47.8 Å². The summed E-state index contributed by atoms with van der Waals surface area (Å²) in [5, 5.41) is 17.0. The normalized spacial score (nSPS) is 11.8. The third-order valence-corrected chi connectivity index (χ3v) is 3.33. The number of urea groups is 1. The molecule has 1 aromatic heterocycles. The maximum atomic E-state index is 11.6. The summed E-state index contributed by atoms with van der Waals surface area (Å²) in [6, 6.07) is 12.6. The second kappa shape index (κ2) is 6.18. The Morgan fingerprint density at radius 3 is 2.67 bits per heavy atom. The van der Waals surface area contributed by atoms with Crippen LogP contribution in [0.4, 0.5) is 10.5 Å². The number of carbonyl (C=O) groups is 1. The average molecular weight is 262 g/mol. The van der Waals surface area contributed by atoms with Gasteiger partial charge in [0.15, 0.2) is 0 Å².